The number of thiazole rings is 1. The number of pyridine rings is 1. The Morgan fingerprint density at radius 3 is 2.64 bits per heavy atom. The van der Waals surface area contributed by atoms with E-state index in [1.54, 1.807) is 11.1 Å². The Morgan fingerprint density at radius 2 is 1.93 bits per heavy atom. The minimum atomic E-state index is -0.375. The first-order chi connectivity index (χ1) is 13.6. The average Bonchev–Trinajstić information content (AvgIpc) is 3.15. The minimum Gasteiger partial charge on any atom is -0.278 e. The van der Waals surface area contributed by atoms with Crippen LogP contribution >= 0.6 is 11.3 Å². The number of anilines is 1. The van der Waals surface area contributed by atoms with Crippen molar-refractivity contribution in [3.05, 3.63) is 89.5 Å². The van der Waals surface area contributed by atoms with Gasteiger partial charge in [0, 0.05) is 11.8 Å². The van der Waals surface area contributed by atoms with Crippen molar-refractivity contribution < 1.29 is 9.18 Å². The predicted octanol–water partition coefficient (Wildman–Crippen LogP) is 5.24. The molecule has 0 unspecified atom stereocenters. The highest BCUT2D eigenvalue weighted by molar-refractivity contribution is 7.22. The number of nitrogens with zero attached hydrogens (tertiary/aromatic N) is 3. The van der Waals surface area contributed by atoms with Gasteiger partial charge in [-0.2, -0.15) is 0 Å². The third-order valence-corrected chi connectivity index (χ3v) is 5.50. The van der Waals surface area contributed by atoms with Crippen LogP contribution in [0.3, 0.4) is 0 Å². The Balaban J connectivity index is 1.75. The van der Waals surface area contributed by atoms with Crippen molar-refractivity contribution in [1.29, 1.82) is 0 Å². The van der Waals surface area contributed by atoms with Gasteiger partial charge in [0.1, 0.15) is 5.82 Å². The second kappa shape index (κ2) is 7.86. The van der Waals surface area contributed by atoms with Gasteiger partial charge in [0.25, 0.3) is 5.91 Å². The summed E-state index contributed by atoms with van der Waals surface area (Å²) in [5.41, 5.74) is 3.25. The van der Waals surface area contributed by atoms with Crippen molar-refractivity contribution in [2.24, 2.45) is 0 Å². The van der Waals surface area contributed by atoms with Crippen LogP contribution in [0.4, 0.5) is 9.52 Å². The highest BCUT2D eigenvalue weighted by atomic mass is 32.1. The number of rotatable bonds is 5. The molecule has 0 bridgehead atoms. The average molecular weight is 391 g/mol. The predicted molar refractivity (Wildman–Crippen MR) is 110 cm³/mol. The second-order valence-electron chi connectivity index (χ2n) is 6.37. The van der Waals surface area contributed by atoms with Crippen LogP contribution < -0.4 is 4.90 Å². The van der Waals surface area contributed by atoms with E-state index in [4.69, 9.17) is 0 Å². The number of aromatic nitrogens is 2. The van der Waals surface area contributed by atoms with Gasteiger partial charge in [0.15, 0.2) is 5.13 Å². The molecule has 0 spiro atoms. The van der Waals surface area contributed by atoms with Gasteiger partial charge in [0.05, 0.1) is 22.5 Å². The summed E-state index contributed by atoms with van der Waals surface area (Å²) in [5, 5.41) is 0.600. The Bertz CT molecular complexity index is 1110. The summed E-state index contributed by atoms with van der Waals surface area (Å²) in [6.45, 7) is 2.39. The summed E-state index contributed by atoms with van der Waals surface area (Å²) in [5.74, 6) is -0.611. The molecule has 2 aromatic heterocycles. The summed E-state index contributed by atoms with van der Waals surface area (Å²) in [6.07, 6.45) is 2.64. The lowest BCUT2D eigenvalue weighted by atomic mass is 10.2. The molecule has 6 heteroatoms. The molecule has 0 N–H and O–H groups in total. The molecule has 28 heavy (non-hydrogen) atoms. The molecule has 0 saturated heterocycles. The summed E-state index contributed by atoms with van der Waals surface area (Å²) >= 11 is 1.47. The third kappa shape index (κ3) is 3.77. The van der Waals surface area contributed by atoms with Crippen molar-refractivity contribution in [2.45, 2.75) is 19.9 Å². The van der Waals surface area contributed by atoms with Crippen molar-refractivity contribution in [3.8, 4) is 0 Å². The van der Waals surface area contributed by atoms with Gasteiger partial charge in [-0.15, -0.1) is 0 Å². The smallest absolute Gasteiger partial charge is 0.260 e. The first-order valence-corrected chi connectivity index (χ1v) is 9.82. The van der Waals surface area contributed by atoms with E-state index < -0.39 is 0 Å². The number of halogens is 1. The number of amides is 1. The number of fused-ring (bicyclic) bond motifs is 1. The maximum absolute atomic E-state index is 13.3. The monoisotopic (exact) mass is 391 g/mol. The highest BCUT2D eigenvalue weighted by Gasteiger charge is 2.22. The lowest BCUT2D eigenvalue weighted by molar-refractivity contribution is 0.0985. The normalized spacial score (nSPS) is 10.9. The van der Waals surface area contributed by atoms with E-state index in [9.17, 15) is 9.18 Å². The molecule has 0 aliphatic heterocycles. The van der Waals surface area contributed by atoms with Crippen LogP contribution in [-0.2, 0) is 13.0 Å². The maximum atomic E-state index is 13.3. The number of hydrogen-bond donors (Lipinski definition) is 0. The second-order valence-corrected chi connectivity index (χ2v) is 7.38. The zero-order valence-corrected chi connectivity index (χ0v) is 16.1. The van der Waals surface area contributed by atoms with Crippen LogP contribution in [0.2, 0.25) is 0 Å². The fraction of sp³-hybridized carbons (Fsp3) is 0.136. The van der Waals surface area contributed by atoms with E-state index >= 15 is 0 Å². The van der Waals surface area contributed by atoms with Gasteiger partial charge >= 0.3 is 0 Å². The lowest BCUT2D eigenvalue weighted by Crippen LogP contribution is -2.30. The van der Waals surface area contributed by atoms with Crippen molar-refractivity contribution in [2.75, 3.05) is 4.90 Å². The van der Waals surface area contributed by atoms with Gasteiger partial charge in [0.2, 0.25) is 0 Å². The molecule has 0 radical (unpaired) electrons. The molecule has 0 aliphatic rings. The maximum Gasteiger partial charge on any atom is 0.260 e. The van der Waals surface area contributed by atoms with Gasteiger partial charge in [-0.1, -0.05) is 30.4 Å². The van der Waals surface area contributed by atoms with Crippen LogP contribution in [0.5, 0.6) is 0 Å². The van der Waals surface area contributed by atoms with Crippen molar-refractivity contribution >= 4 is 32.6 Å². The fourth-order valence-corrected chi connectivity index (χ4v) is 3.95. The number of carbonyl (C=O) groups excluding carboxylic acids is 1. The lowest BCUT2D eigenvalue weighted by Gasteiger charge is -2.19. The van der Waals surface area contributed by atoms with Crippen LogP contribution in [0.1, 0.15) is 28.5 Å². The van der Waals surface area contributed by atoms with Gasteiger partial charge in [-0.25, -0.2) is 9.37 Å². The third-order valence-electron chi connectivity index (χ3n) is 4.46. The van der Waals surface area contributed by atoms with E-state index in [2.05, 4.69) is 29.0 Å². The molecule has 0 fully saturated rings. The molecule has 140 valence electrons. The number of aryl methyl sites for hydroxylation is 1. The molecule has 2 aromatic carbocycles. The first kappa shape index (κ1) is 18.3. The van der Waals surface area contributed by atoms with E-state index in [1.165, 1.54) is 41.2 Å². The Morgan fingerprint density at radius 1 is 1.11 bits per heavy atom. The van der Waals surface area contributed by atoms with E-state index in [1.807, 2.05) is 24.3 Å². The quantitative estimate of drug-likeness (QED) is 0.467. The van der Waals surface area contributed by atoms with Crippen LogP contribution in [0.15, 0.2) is 66.9 Å². The number of carbonyl (C=O) groups is 1. The molecular formula is C22H18FN3OS. The fourth-order valence-electron chi connectivity index (χ4n) is 2.92. The van der Waals surface area contributed by atoms with E-state index in [0.29, 0.717) is 10.7 Å². The topological polar surface area (TPSA) is 46.1 Å². The Labute approximate surface area is 166 Å². The molecular weight excluding hydrogens is 373 g/mol. The zero-order valence-electron chi connectivity index (χ0n) is 15.3. The Kier molecular flexibility index (Phi) is 5.12. The molecule has 4 nitrogen and oxygen atoms in total. The molecule has 0 saturated carbocycles. The summed E-state index contributed by atoms with van der Waals surface area (Å²) in [7, 11) is 0. The highest BCUT2D eigenvalue weighted by Crippen LogP contribution is 2.31. The standard InChI is InChI=1S/C22H18FN3OS/c1-2-15-6-11-19-20(13-15)28-22(25-19)26(14-18-5-3-4-12-24-18)21(27)16-7-9-17(23)10-8-16/h3-13H,2,14H2,1H3. The van der Waals surface area contributed by atoms with E-state index in [-0.39, 0.29) is 18.3 Å². The zero-order chi connectivity index (χ0) is 19.5. The summed E-state index contributed by atoms with van der Waals surface area (Å²) in [4.78, 5) is 23.8. The molecule has 0 aliphatic carbocycles. The van der Waals surface area contributed by atoms with Crippen LogP contribution in [0, 0.1) is 5.82 Å². The van der Waals surface area contributed by atoms with Crippen LogP contribution in [0.25, 0.3) is 10.2 Å². The molecule has 4 rings (SSSR count). The SMILES string of the molecule is CCc1ccc2nc(N(Cc3ccccn3)C(=O)c3ccc(F)cc3)sc2c1. The number of hydrogen-bond acceptors (Lipinski definition) is 4. The number of benzene rings is 2. The van der Waals surface area contributed by atoms with E-state index in [0.717, 1.165) is 22.3 Å². The summed E-state index contributed by atoms with van der Waals surface area (Å²) in [6, 6.07) is 17.3. The molecule has 0 atom stereocenters. The largest absolute Gasteiger partial charge is 0.278 e. The van der Waals surface area contributed by atoms with Crippen molar-refractivity contribution in [3.63, 3.8) is 0 Å². The van der Waals surface area contributed by atoms with Gasteiger partial charge < -0.3 is 0 Å². The Hall–Kier alpha value is -3.12. The van der Waals surface area contributed by atoms with Gasteiger partial charge in [-0.3, -0.25) is 14.7 Å². The minimum absolute atomic E-state index is 0.236. The van der Waals surface area contributed by atoms with Crippen LogP contribution in [-0.4, -0.2) is 15.9 Å². The van der Waals surface area contributed by atoms with Gasteiger partial charge in [-0.05, 0) is 60.5 Å². The molecule has 1 amide bonds. The van der Waals surface area contributed by atoms with Crippen molar-refractivity contribution in [1.82, 2.24) is 9.97 Å². The summed E-state index contributed by atoms with van der Waals surface area (Å²) < 4.78 is 14.3. The molecule has 2 heterocycles. The first-order valence-electron chi connectivity index (χ1n) is 9.01. The molecule has 4 aromatic rings.